The van der Waals surface area contributed by atoms with Crippen molar-refractivity contribution in [3.63, 3.8) is 0 Å². The summed E-state index contributed by atoms with van der Waals surface area (Å²) in [4.78, 5) is 37.5. The van der Waals surface area contributed by atoms with E-state index < -0.39 is 46.0 Å². The number of phenolic OH excluding ortho intramolecular Hbond substituents is 1. The largest absolute Gasteiger partial charge is 0.508 e. The molecule has 1 aromatic rings. The average molecular weight is 365 g/mol. The van der Waals surface area contributed by atoms with E-state index in [1.165, 1.54) is 40.9 Å². The lowest BCUT2D eigenvalue weighted by molar-refractivity contribution is -0.161. The summed E-state index contributed by atoms with van der Waals surface area (Å²) >= 11 is 1.35. The van der Waals surface area contributed by atoms with Crippen LogP contribution in [0, 0.1) is 0 Å². The van der Waals surface area contributed by atoms with E-state index in [0.717, 1.165) is 0 Å². The van der Waals surface area contributed by atoms with Gasteiger partial charge in [-0.25, -0.2) is 4.79 Å². The van der Waals surface area contributed by atoms with Gasteiger partial charge in [-0.15, -0.1) is 11.8 Å². The Hall–Kier alpha value is -2.26. The summed E-state index contributed by atoms with van der Waals surface area (Å²) in [6, 6.07) is 3.21. The maximum Gasteiger partial charge on any atom is 0.327 e. The molecule has 4 atom stereocenters. The second-order valence-corrected chi connectivity index (χ2v) is 8.42. The number of amides is 2. The Morgan fingerprint density at radius 3 is 2.48 bits per heavy atom. The van der Waals surface area contributed by atoms with Crippen molar-refractivity contribution in [3.05, 3.63) is 29.8 Å². The molecule has 0 spiro atoms. The highest BCUT2D eigenvalue weighted by molar-refractivity contribution is 8.01. The molecule has 134 valence electrons. The van der Waals surface area contributed by atoms with Crippen LogP contribution in [-0.4, -0.2) is 55.1 Å². The van der Waals surface area contributed by atoms with Crippen LogP contribution < -0.4 is 11.1 Å². The lowest BCUT2D eigenvalue weighted by Crippen LogP contribution is -2.71. The van der Waals surface area contributed by atoms with Gasteiger partial charge in [-0.3, -0.25) is 9.59 Å². The summed E-state index contributed by atoms with van der Waals surface area (Å²) in [6.07, 6.45) is 0. The molecule has 5 N–H and O–H groups in total. The number of carboxylic acid groups (broad SMARTS) is 1. The first-order valence-electron chi connectivity index (χ1n) is 7.71. The second kappa shape index (κ2) is 5.92. The van der Waals surface area contributed by atoms with Crippen LogP contribution in [0.2, 0.25) is 0 Å². The number of fused-ring (bicyclic) bond motifs is 1. The number of benzene rings is 1. The molecular weight excluding hydrogens is 346 g/mol. The molecule has 2 aliphatic heterocycles. The number of nitrogens with zero attached hydrogens (tertiary/aromatic N) is 1. The Labute approximate surface area is 148 Å². The van der Waals surface area contributed by atoms with E-state index >= 15 is 0 Å². The first-order valence-corrected chi connectivity index (χ1v) is 8.59. The zero-order valence-electron chi connectivity index (χ0n) is 13.7. The maximum absolute atomic E-state index is 12.3. The molecule has 0 bridgehead atoms. The predicted molar refractivity (Wildman–Crippen MR) is 90.7 cm³/mol. The van der Waals surface area contributed by atoms with Crippen molar-refractivity contribution in [1.82, 2.24) is 10.2 Å². The van der Waals surface area contributed by atoms with Crippen LogP contribution in [0.15, 0.2) is 24.3 Å². The zero-order chi connectivity index (χ0) is 18.5. The van der Waals surface area contributed by atoms with Gasteiger partial charge in [0.1, 0.15) is 29.2 Å². The number of hydrogen-bond acceptors (Lipinski definition) is 6. The Bertz CT molecular complexity index is 736. The Kier molecular flexibility index (Phi) is 4.16. The number of β-lactam (4-membered cyclic amide) rings is 1. The molecule has 2 aliphatic rings. The third kappa shape index (κ3) is 2.83. The molecule has 2 saturated heterocycles. The van der Waals surface area contributed by atoms with Crippen molar-refractivity contribution in [2.45, 2.75) is 42.1 Å². The SMILES string of the molecule is CC1(C)SC2[C@H](NC(=O)[C@H](N)c3ccc(O)cc3)C(=O)N2C1C(=O)O. The van der Waals surface area contributed by atoms with Gasteiger partial charge < -0.3 is 26.2 Å². The monoisotopic (exact) mass is 365 g/mol. The maximum atomic E-state index is 12.3. The number of hydrogen-bond donors (Lipinski definition) is 4. The molecular formula is C16H19N3O5S. The van der Waals surface area contributed by atoms with Gasteiger partial charge in [0.2, 0.25) is 11.8 Å². The van der Waals surface area contributed by atoms with Crippen LogP contribution in [0.4, 0.5) is 0 Å². The van der Waals surface area contributed by atoms with E-state index in [4.69, 9.17) is 5.73 Å². The van der Waals surface area contributed by atoms with Gasteiger partial charge >= 0.3 is 5.97 Å². The number of thioether (sulfide) groups is 1. The van der Waals surface area contributed by atoms with E-state index in [0.29, 0.717) is 5.56 Å². The quantitative estimate of drug-likeness (QED) is 0.553. The fraction of sp³-hybridized carbons (Fsp3) is 0.438. The summed E-state index contributed by atoms with van der Waals surface area (Å²) in [5.41, 5.74) is 6.41. The molecule has 0 aromatic heterocycles. The van der Waals surface area contributed by atoms with Gasteiger partial charge in [-0.1, -0.05) is 12.1 Å². The van der Waals surface area contributed by atoms with Crippen molar-refractivity contribution in [1.29, 1.82) is 0 Å². The zero-order valence-corrected chi connectivity index (χ0v) is 14.5. The normalized spacial score (nSPS) is 28.0. The van der Waals surface area contributed by atoms with E-state index in [1.54, 1.807) is 13.8 Å². The molecule has 8 nitrogen and oxygen atoms in total. The van der Waals surface area contributed by atoms with E-state index in [-0.39, 0.29) is 5.75 Å². The van der Waals surface area contributed by atoms with Crippen LogP contribution in [0.1, 0.15) is 25.5 Å². The number of carboxylic acids is 1. The molecule has 1 aromatic carbocycles. The summed E-state index contributed by atoms with van der Waals surface area (Å²) in [5, 5.41) is 20.9. The number of carbonyl (C=O) groups is 3. The third-order valence-electron chi connectivity index (χ3n) is 4.51. The van der Waals surface area contributed by atoms with Crippen molar-refractivity contribution in [3.8, 4) is 5.75 Å². The first-order chi connectivity index (χ1) is 11.6. The second-order valence-electron chi connectivity index (χ2n) is 6.65. The molecule has 0 radical (unpaired) electrons. The third-order valence-corrected chi connectivity index (χ3v) is 6.08. The molecule has 2 heterocycles. The van der Waals surface area contributed by atoms with Gasteiger partial charge in [-0.2, -0.15) is 0 Å². The number of aliphatic carboxylic acids is 1. The standard InChI is InChI=1S/C16H19N3O5S/c1-16(2)11(15(23)24)19-13(22)10(14(19)25-16)18-12(21)9(17)7-3-5-8(20)6-4-7/h3-6,9-11,14,20H,17H2,1-2H3,(H,18,21)(H,23,24)/t9-,10-,11?,14?/m1/s1. The highest BCUT2D eigenvalue weighted by Crippen LogP contribution is 2.50. The number of nitrogens with two attached hydrogens (primary N) is 1. The number of nitrogens with one attached hydrogen (secondary N) is 1. The van der Waals surface area contributed by atoms with Crippen LogP contribution in [0.5, 0.6) is 5.75 Å². The lowest BCUT2D eigenvalue weighted by Gasteiger charge is -2.43. The molecule has 9 heteroatoms. The van der Waals surface area contributed by atoms with Gasteiger partial charge in [0, 0.05) is 4.75 Å². The molecule has 2 fully saturated rings. The number of aromatic hydroxyl groups is 1. The summed E-state index contributed by atoms with van der Waals surface area (Å²) in [7, 11) is 0. The highest BCUT2D eigenvalue weighted by atomic mass is 32.2. The summed E-state index contributed by atoms with van der Waals surface area (Å²) in [5.74, 6) is -1.94. The topological polar surface area (TPSA) is 133 Å². The Morgan fingerprint density at radius 2 is 1.92 bits per heavy atom. The molecule has 0 saturated carbocycles. The van der Waals surface area contributed by atoms with Crippen molar-refractivity contribution < 1.29 is 24.6 Å². The lowest BCUT2D eigenvalue weighted by atomic mass is 9.95. The molecule has 2 unspecified atom stereocenters. The number of phenols is 1. The van der Waals surface area contributed by atoms with E-state index in [2.05, 4.69) is 5.32 Å². The van der Waals surface area contributed by atoms with Crippen LogP contribution in [0.3, 0.4) is 0 Å². The van der Waals surface area contributed by atoms with Crippen molar-refractivity contribution in [2.24, 2.45) is 5.73 Å². The minimum absolute atomic E-state index is 0.0606. The number of carbonyl (C=O) groups excluding carboxylic acids is 2. The summed E-state index contributed by atoms with van der Waals surface area (Å²) in [6.45, 7) is 3.53. The first kappa shape index (κ1) is 17.6. The summed E-state index contributed by atoms with van der Waals surface area (Å²) < 4.78 is -0.648. The van der Waals surface area contributed by atoms with Crippen LogP contribution in [-0.2, 0) is 14.4 Å². The minimum atomic E-state index is -1.06. The van der Waals surface area contributed by atoms with Gasteiger partial charge in [-0.05, 0) is 31.5 Å². The average Bonchev–Trinajstić information content (AvgIpc) is 2.80. The number of rotatable bonds is 4. The van der Waals surface area contributed by atoms with Crippen LogP contribution in [0.25, 0.3) is 0 Å². The van der Waals surface area contributed by atoms with Crippen molar-refractivity contribution >= 4 is 29.5 Å². The Morgan fingerprint density at radius 1 is 1.32 bits per heavy atom. The minimum Gasteiger partial charge on any atom is -0.508 e. The highest BCUT2D eigenvalue weighted by Gasteiger charge is 2.64. The Balaban J connectivity index is 1.70. The fourth-order valence-electron chi connectivity index (χ4n) is 3.22. The molecule has 0 aliphatic carbocycles. The molecule has 25 heavy (non-hydrogen) atoms. The van der Waals surface area contributed by atoms with E-state index in [1.807, 2.05) is 0 Å². The predicted octanol–water partition coefficient (Wildman–Crippen LogP) is 0.0237. The van der Waals surface area contributed by atoms with E-state index in [9.17, 15) is 24.6 Å². The molecule has 2 amide bonds. The van der Waals surface area contributed by atoms with Gasteiger partial charge in [0.15, 0.2) is 0 Å². The van der Waals surface area contributed by atoms with Crippen molar-refractivity contribution in [2.75, 3.05) is 0 Å². The fourth-order valence-corrected chi connectivity index (χ4v) is 4.85. The van der Waals surface area contributed by atoms with Crippen LogP contribution >= 0.6 is 11.8 Å². The smallest absolute Gasteiger partial charge is 0.327 e. The van der Waals surface area contributed by atoms with Gasteiger partial charge in [0.05, 0.1) is 0 Å². The van der Waals surface area contributed by atoms with Gasteiger partial charge in [0.25, 0.3) is 0 Å². The molecule has 3 rings (SSSR count).